The maximum absolute atomic E-state index is 10.1. The van der Waals surface area contributed by atoms with Crippen molar-refractivity contribution in [3.8, 4) is 6.07 Å². The summed E-state index contributed by atoms with van der Waals surface area (Å²) in [5, 5.41) is 7.87. The van der Waals surface area contributed by atoms with Crippen LogP contribution in [0.2, 0.25) is 0 Å². The fraction of sp³-hybridized carbons (Fsp3) is 0.200. The van der Waals surface area contributed by atoms with Crippen molar-refractivity contribution in [1.29, 1.82) is 5.26 Å². The van der Waals surface area contributed by atoms with Crippen LogP contribution < -0.4 is 0 Å². The molecular formula is C5H5NO2. The van der Waals surface area contributed by atoms with Gasteiger partial charge >= 0.3 is 5.97 Å². The molecule has 0 aliphatic heterocycles. The highest BCUT2D eigenvalue weighted by Gasteiger charge is 1.86. The Balaban J connectivity index is 3.57. The van der Waals surface area contributed by atoms with E-state index in [1.807, 2.05) is 0 Å². The molecule has 3 heteroatoms. The molecule has 0 aliphatic rings. The van der Waals surface area contributed by atoms with Gasteiger partial charge in [-0.3, -0.25) is 0 Å². The van der Waals surface area contributed by atoms with Gasteiger partial charge in [-0.25, -0.2) is 4.79 Å². The number of ether oxygens (including phenoxy) is 1. The van der Waals surface area contributed by atoms with E-state index in [1.54, 1.807) is 6.07 Å². The van der Waals surface area contributed by atoms with Crippen LogP contribution in [-0.2, 0) is 9.53 Å². The minimum absolute atomic E-state index is 0.508. The predicted molar refractivity (Wildman–Crippen MR) is 26.8 cm³/mol. The second kappa shape index (κ2) is 3.88. The SMILES string of the molecule is COC(=O)C=CC#N. The molecule has 0 atom stereocenters. The molecule has 0 amide bonds. The summed E-state index contributed by atoms with van der Waals surface area (Å²) in [6.45, 7) is 0. The average Bonchev–Trinajstić information content (AvgIpc) is 1.83. The molecule has 0 N–H and O–H groups in total. The lowest BCUT2D eigenvalue weighted by Gasteiger charge is -1.84. The number of hydrogen-bond donors (Lipinski definition) is 0. The van der Waals surface area contributed by atoms with Gasteiger partial charge in [-0.2, -0.15) is 5.26 Å². The molecule has 0 aromatic rings. The average molecular weight is 111 g/mol. The van der Waals surface area contributed by atoms with Gasteiger partial charge < -0.3 is 4.74 Å². The summed E-state index contributed by atoms with van der Waals surface area (Å²) in [4.78, 5) is 10.1. The van der Waals surface area contributed by atoms with Gasteiger partial charge in [0, 0.05) is 12.2 Å². The Morgan fingerprint density at radius 2 is 2.50 bits per heavy atom. The smallest absolute Gasteiger partial charge is 0.331 e. The van der Waals surface area contributed by atoms with E-state index in [9.17, 15) is 4.79 Å². The number of hydrogen-bond acceptors (Lipinski definition) is 3. The topological polar surface area (TPSA) is 50.1 Å². The molecular weight excluding hydrogens is 106 g/mol. The number of rotatable bonds is 1. The molecule has 0 aliphatic carbocycles. The molecule has 0 aromatic heterocycles. The van der Waals surface area contributed by atoms with Gasteiger partial charge in [-0.15, -0.1) is 0 Å². The summed E-state index contributed by atoms with van der Waals surface area (Å²) in [7, 11) is 1.25. The van der Waals surface area contributed by atoms with E-state index < -0.39 is 5.97 Å². The third-order valence-electron chi connectivity index (χ3n) is 0.495. The van der Waals surface area contributed by atoms with Crippen LogP contribution in [0.25, 0.3) is 0 Å². The molecule has 0 radical (unpaired) electrons. The van der Waals surface area contributed by atoms with Crippen LogP contribution in [0.4, 0.5) is 0 Å². The fourth-order valence-electron chi connectivity index (χ4n) is 0.173. The maximum atomic E-state index is 10.1. The van der Waals surface area contributed by atoms with Crippen molar-refractivity contribution in [3.63, 3.8) is 0 Å². The summed E-state index contributed by atoms with van der Waals surface area (Å²) in [6, 6.07) is 1.65. The minimum atomic E-state index is -0.508. The van der Waals surface area contributed by atoms with Crippen molar-refractivity contribution in [2.24, 2.45) is 0 Å². The predicted octanol–water partition coefficient (Wildman–Crippen LogP) is 0.239. The van der Waals surface area contributed by atoms with E-state index >= 15 is 0 Å². The quantitative estimate of drug-likeness (QED) is 0.276. The van der Waals surface area contributed by atoms with E-state index in [4.69, 9.17) is 5.26 Å². The summed E-state index contributed by atoms with van der Waals surface area (Å²) < 4.78 is 4.18. The van der Waals surface area contributed by atoms with Gasteiger partial charge in [0.25, 0.3) is 0 Å². The molecule has 42 valence electrons. The molecule has 0 aromatic carbocycles. The van der Waals surface area contributed by atoms with Gasteiger partial charge in [0.05, 0.1) is 13.2 Å². The molecule has 0 saturated heterocycles. The molecule has 0 rings (SSSR count). The molecule has 0 unspecified atom stereocenters. The van der Waals surface area contributed by atoms with E-state index in [0.29, 0.717) is 0 Å². The van der Waals surface area contributed by atoms with Crippen molar-refractivity contribution in [2.45, 2.75) is 0 Å². The Morgan fingerprint density at radius 1 is 1.88 bits per heavy atom. The van der Waals surface area contributed by atoms with Crippen LogP contribution in [-0.4, -0.2) is 13.1 Å². The molecule has 0 spiro atoms. The highest BCUT2D eigenvalue weighted by Crippen LogP contribution is 1.74. The van der Waals surface area contributed by atoms with E-state index in [0.717, 1.165) is 12.2 Å². The fourth-order valence-corrected chi connectivity index (χ4v) is 0.173. The number of nitriles is 1. The third kappa shape index (κ3) is 2.91. The molecule has 0 fully saturated rings. The first-order chi connectivity index (χ1) is 3.81. The number of carbonyl (C=O) groups excluding carboxylic acids is 1. The van der Waals surface area contributed by atoms with Crippen molar-refractivity contribution in [2.75, 3.05) is 7.11 Å². The normalized spacial score (nSPS) is 8.50. The summed E-state index contributed by atoms with van der Waals surface area (Å²) in [5.41, 5.74) is 0. The molecule has 8 heavy (non-hydrogen) atoms. The van der Waals surface area contributed by atoms with Crippen molar-refractivity contribution in [1.82, 2.24) is 0 Å². The molecule has 0 heterocycles. The minimum Gasteiger partial charge on any atom is -0.466 e. The standard InChI is InChI=1S/C5H5NO2/c1-8-5(7)3-2-4-6/h2-3H,1H3. The highest BCUT2D eigenvalue weighted by molar-refractivity contribution is 5.82. The molecule has 0 saturated carbocycles. The Morgan fingerprint density at radius 3 is 2.88 bits per heavy atom. The number of allylic oxidation sites excluding steroid dienone is 1. The van der Waals surface area contributed by atoms with E-state index in [1.165, 1.54) is 7.11 Å². The van der Waals surface area contributed by atoms with Crippen LogP contribution in [0, 0.1) is 11.3 Å². The van der Waals surface area contributed by atoms with E-state index in [2.05, 4.69) is 4.74 Å². The summed E-state index contributed by atoms with van der Waals surface area (Å²) >= 11 is 0. The van der Waals surface area contributed by atoms with Crippen LogP contribution in [0.3, 0.4) is 0 Å². The first kappa shape index (κ1) is 6.70. The lowest BCUT2D eigenvalue weighted by Crippen LogP contribution is -1.92. The number of esters is 1. The second-order valence-electron chi connectivity index (χ2n) is 0.986. The number of carbonyl (C=O) groups is 1. The van der Waals surface area contributed by atoms with Gasteiger partial charge in [0.15, 0.2) is 0 Å². The summed E-state index contributed by atoms with van der Waals surface area (Å²) in [5.74, 6) is -0.508. The number of nitrogens with zero attached hydrogens (tertiary/aromatic N) is 1. The summed E-state index contributed by atoms with van der Waals surface area (Å²) in [6.07, 6.45) is 2.12. The van der Waals surface area contributed by atoms with Crippen LogP contribution in [0.15, 0.2) is 12.2 Å². The lowest BCUT2D eigenvalue weighted by atomic mass is 10.5. The Bertz CT molecular complexity index is 143. The second-order valence-corrected chi connectivity index (χ2v) is 0.986. The molecule has 3 nitrogen and oxygen atoms in total. The number of methoxy groups -OCH3 is 1. The van der Waals surface area contributed by atoms with Crippen molar-refractivity contribution < 1.29 is 9.53 Å². The highest BCUT2D eigenvalue weighted by atomic mass is 16.5. The van der Waals surface area contributed by atoms with Crippen LogP contribution >= 0.6 is 0 Å². The van der Waals surface area contributed by atoms with Crippen molar-refractivity contribution >= 4 is 5.97 Å². The van der Waals surface area contributed by atoms with Crippen LogP contribution in [0.5, 0.6) is 0 Å². The first-order valence-electron chi connectivity index (χ1n) is 1.95. The Hall–Kier alpha value is -1.30. The van der Waals surface area contributed by atoms with E-state index in [-0.39, 0.29) is 0 Å². The zero-order valence-electron chi connectivity index (χ0n) is 4.42. The third-order valence-corrected chi connectivity index (χ3v) is 0.495. The Labute approximate surface area is 47.2 Å². The van der Waals surface area contributed by atoms with Crippen LogP contribution in [0.1, 0.15) is 0 Å². The lowest BCUT2D eigenvalue weighted by molar-refractivity contribution is -0.134. The maximum Gasteiger partial charge on any atom is 0.331 e. The largest absolute Gasteiger partial charge is 0.466 e. The zero-order chi connectivity index (χ0) is 6.41. The monoisotopic (exact) mass is 111 g/mol. The Kier molecular flexibility index (Phi) is 3.25. The van der Waals surface area contributed by atoms with Gasteiger partial charge in [0.2, 0.25) is 0 Å². The van der Waals surface area contributed by atoms with Gasteiger partial charge in [0.1, 0.15) is 0 Å². The van der Waals surface area contributed by atoms with Gasteiger partial charge in [-0.1, -0.05) is 0 Å². The van der Waals surface area contributed by atoms with Gasteiger partial charge in [-0.05, 0) is 0 Å². The van der Waals surface area contributed by atoms with Crippen molar-refractivity contribution in [3.05, 3.63) is 12.2 Å². The zero-order valence-corrected chi connectivity index (χ0v) is 4.42. The first-order valence-corrected chi connectivity index (χ1v) is 1.95. The molecule has 0 bridgehead atoms.